The zero-order valence-corrected chi connectivity index (χ0v) is 16.1. The number of halogens is 3. The van der Waals surface area contributed by atoms with E-state index >= 15 is 0 Å². The monoisotopic (exact) mass is 428 g/mol. The molecule has 0 saturated carbocycles. The van der Waals surface area contributed by atoms with Gasteiger partial charge in [-0.05, 0) is 42.0 Å². The van der Waals surface area contributed by atoms with Crippen LogP contribution in [0.1, 0.15) is 28.4 Å². The molecule has 8 heteroatoms. The number of alkyl halides is 1. The maximum atomic E-state index is 12.9. The predicted octanol–water partition coefficient (Wildman–Crippen LogP) is 3.56. The minimum absolute atomic E-state index is 0.148. The Morgan fingerprint density at radius 3 is 2.11 bits per heavy atom. The minimum atomic E-state index is -2.20. The molecule has 0 radical (unpaired) electrons. The van der Waals surface area contributed by atoms with Crippen molar-refractivity contribution >= 4 is 46.4 Å². The van der Waals surface area contributed by atoms with Gasteiger partial charge in [0.05, 0.1) is 0 Å². The molecule has 1 aliphatic heterocycles. The zero-order valence-electron chi connectivity index (χ0n) is 13.8. The Hall–Kier alpha value is -1.47. The van der Waals surface area contributed by atoms with Crippen molar-refractivity contribution in [3.05, 3.63) is 69.7 Å². The lowest BCUT2D eigenvalue weighted by Crippen LogP contribution is -2.51. The van der Waals surface area contributed by atoms with E-state index < -0.39 is 34.9 Å². The van der Waals surface area contributed by atoms with Gasteiger partial charge in [-0.2, -0.15) is 0 Å². The average molecular weight is 430 g/mol. The number of benzene rings is 2. The highest BCUT2D eigenvalue weighted by Crippen LogP contribution is 2.38. The van der Waals surface area contributed by atoms with Crippen molar-refractivity contribution in [3.63, 3.8) is 0 Å². The number of carbonyl (C=O) groups is 2. The van der Waals surface area contributed by atoms with Crippen LogP contribution >= 0.6 is 34.8 Å². The van der Waals surface area contributed by atoms with Crippen LogP contribution in [0.25, 0.3) is 0 Å². The fraction of sp³-hybridized carbons (Fsp3) is 0.263. The van der Waals surface area contributed by atoms with Gasteiger partial charge < -0.3 is 14.9 Å². The summed E-state index contributed by atoms with van der Waals surface area (Å²) in [6.07, 6.45) is -3.52. The van der Waals surface area contributed by atoms with Crippen molar-refractivity contribution in [1.82, 2.24) is 0 Å². The normalized spacial score (nSPS) is 26.0. The molecule has 0 bridgehead atoms. The zero-order chi connectivity index (χ0) is 19.8. The molecule has 142 valence electrons. The SMILES string of the molecule is O=C(C(O)c1ccc(Cl)cc1)[C@H]1O[C@@H](Cl)C[C@@]1(O)C(=O)c1ccc(Cl)cc1. The number of aliphatic hydroxyl groups excluding tert-OH is 1. The van der Waals surface area contributed by atoms with Crippen LogP contribution in [0.2, 0.25) is 10.0 Å². The quantitative estimate of drug-likeness (QED) is 0.561. The van der Waals surface area contributed by atoms with E-state index in [0.29, 0.717) is 10.0 Å². The molecule has 5 nitrogen and oxygen atoms in total. The summed E-state index contributed by atoms with van der Waals surface area (Å²) in [4.78, 5) is 25.6. The van der Waals surface area contributed by atoms with Gasteiger partial charge in [0.25, 0.3) is 0 Å². The fourth-order valence-corrected chi connectivity index (χ4v) is 3.57. The summed E-state index contributed by atoms with van der Waals surface area (Å²) in [7, 11) is 0. The fourth-order valence-electron chi connectivity index (χ4n) is 2.98. The second-order valence-electron chi connectivity index (χ2n) is 6.25. The van der Waals surface area contributed by atoms with Gasteiger partial charge in [0.1, 0.15) is 11.7 Å². The molecule has 3 rings (SSSR count). The number of Topliss-reactive ketones (excluding diaryl/α,β-unsaturated/α-hetero) is 2. The number of hydrogen-bond donors (Lipinski definition) is 2. The summed E-state index contributed by atoms with van der Waals surface area (Å²) in [6, 6.07) is 11.8. The standard InChI is InChI=1S/C19H15Cl3O5/c20-12-5-1-10(2-6-12)15(23)16(24)18-19(26,9-14(22)27-18)17(25)11-3-7-13(21)8-4-11/h1-8,14-15,18,23,26H,9H2/t14-,15?,18-,19-/m1/s1. The molecule has 0 aliphatic carbocycles. The first-order valence-electron chi connectivity index (χ1n) is 8.02. The first kappa shape index (κ1) is 20.3. The van der Waals surface area contributed by atoms with E-state index in [0.717, 1.165) is 0 Å². The number of hydrogen-bond acceptors (Lipinski definition) is 5. The lowest BCUT2D eigenvalue weighted by molar-refractivity contribution is -0.144. The topological polar surface area (TPSA) is 83.8 Å². The molecular formula is C19H15Cl3O5. The highest BCUT2D eigenvalue weighted by atomic mass is 35.5. The molecular weight excluding hydrogens is 415 g/mol. The lowest BCUT2D eigenvalue weighted by Gasteiger charge is -2.27. The Labute approximate surface area is 170 Å². The van der Waals surface area contributed by atoms with Crippen molar-refractivity contribution in [3.8, 4) is 0 Å². The third-order valence-electron chi connectivity index (χ3n) is 4.40. The number of carbonyl (C=O) groups excluding carboxylic acids is 2. The molecule has 1 unspecified atom stereocenters. The Morgan fingerprint density at radius 1 is 1.04 bits per heavy atom. The van der Waals surface area contributed by atoms with E-state index in [1.54, 1.807) is 0 Å². The molecule has 2 N–H and O–H groups in total. The summed E-state index contributed by atoms with van der Waals surface area (Å²) >= 11 is 17.6. The van der Waals surface area contributed by atoms with Crippen LogP contribution in [0, 0.1) is 0 Å². The first-order chi connectivity index (χ1) is 12.7. The summed E-state index contributed by atoms with van der Waals surface area (Å²) in [5.41, 5.74) is -2.86. The van der Waals surface area contributed by atoms with Crippen LogP contribution in [0.15, 0.2) is 48.5 Å². The molecule has 1 fully saturated rings. The van der Waals surface area contributed by atoms with Gasteiger partial charge in [-0.15, -0.1) is 0 Å². The maximum absolute atomic E-state index is 12.9. The number of rotatable bonds is 5. The second kappa shape index (κ2) is 7.87. The molecule has 0 spiro atoms. The van der Waals surface area contributed by atoms with Crippen molar-refractivity contribution in [2.24, 2.45) is 0 Å². The lowest BCUT2D eigenvalue weighted by atomic mass is 9.83. The molecule has 0 aromatic heterocycles. The van der Waals surface area contributed by atoms with E-state index in [2.05, 4.69) is 0 Å². The second-order valence-corrected chi connectivity index (χ2v) is 7.61. The minimum Gasteiger partial charge on any atom is -0.380 e. The predicted molar refractivity (Wildman–Crippen MR) is 101 cm³/mol. The Balaban J connectivity index is 1.90. The summed E-state index contributed by atoms with van der Waals surface area (Å²) in [5.74, 6) is -1.60. The molecule has 2 aromatic rings. The molecule has 27 heavy (non-hydrogen) atoms. The number of aliphatic hydroxyl groups is 2. The smallest absolute Gasteiger partial charge is 0.197 e. The van der Waals surface area contributed by atoms with Gasteiger partial charge in [0.2, 0.25) is 0 Å². The van der Waals surface area contributed by atoms with Crippen LogP contribution in [0.3, 0.4) is 0 Å². The molecule has 2 aromatic carbocycles. The van der Waals surface area contributed by atoms with Crippen molar-refractivity contribution in [2.45, 2.75) is 29.8 Å². The highest BCUT2D eigenvalue weighted by Gasteiger charge is 2.56. The Kier molecular flexibility index (Phi) is 5.91. The highest BCUT2D eigenvalue weighted by molar-refractivity contribution is 6.31. The van der Waals surface area contributed by atoms with Crippen molar-refractivity contribution < 1.29 is 24.5 Å². The van der Waals surface area contributed by atoms with Gasteiger partial charge >= 0.3 is 0 Å². The maximum Gasteiger partial charge on any atom is 0.197 e. The van der Waals surface area contributed by atoms with Crippen LogP contribution < -0.4 is 0 Å². The molecule has 1 saturated heterocycles. The van der Waals surface area contributed by atoms with Gasteiger partial charge in [0, 0.05) is 22.0 Å². The average Bonchev–Trinajstić information content (AvgIpc) is 2.96. The molecule has 1 aliphatic rings. The third-order valence-corrected chi connectivity index (χ3v) is 5.16. The van der Waals surface area contributed by atoms with Gasteiger partial charge in [-0.1, -0.05) is 46.9 Å². The molecule has 1 heterocycles. The number of ketones is 2. The van der Waals surface area contributed by atoms with Crippen molar-refractivity contribution in [1.29, 1.82) is 0 Å². The Bertz CT molecular complexity index is 853. The largest absolute Gasteiger partial charge is 0.380 e. The number of ether oxygens (including phenoxy) is 1. The summed E-state index contributed by atoms with van der Waals surface area (Å²) in [5, 5.41) is 22.2. The van der Waals surface area contributed by atoms with Crippen LogP contribution in [-0.4, -0.2) is 39.0 Å². The van der Waals surface area contributed by atoms with Crippen molar-refractivity contribution in [2.75, 3.05) is 0 Å². The van der Waals surface area contributed by atoms with Gasteiger partial charge in [0.15, 0.2) is 23.3 Å². The van der Waals surface area contributed by atoms with Crippen LogP contribution in [-0.2, 0) is 9.53 Å². The van der Waals surface area contributed by atoms with Gasteiger partial charge in [-0.25, -0.2) is 0 Å². The van der Waals surface area contributed by atoms with E-state index in [-0.39, 0.29) is 17.5 Å². The third kappa shape index (κ3) is 4.04. The molecule has 4 atom stereocenters. The van der Waals surface area contributed by atoms with E-state index in [9.17, 15) is 19.8 Å². The Morgan fingerprint density at radius 2 is 1.56 bits per heavy atom. The summed E-state index contributed by atoms with van der Waals surface area (Å²) < 4.78 is 5.30. The van der Waals surface area contributed by atoms with Crippen LogP contribution in [0.4, 0.5) is 0 Å². The first-order valence-corrected chi connectivity index (χ1v) is 9.21. The van der Waals surface area contributed by atoms with E-state index in [4.69, 9.17) is 39.5 Å². The molecule has 0 amide bonds. The van der Waals surface area contributed by atoms with E-state index in [1.165, 1.54) is 48.5 Å². The van der Waals surface area contributed by atoms with E-state index in [1.807, 2.05) is 0 Å². The van der Waals surface area contributed by atoms with Gasteiger partial charge in [-0.3, -0.25) is 9.59 Å². The van der Waals surface area contributed by atoms with Crippen LogP contribution in [0.5, 0.6) is 0 Å². The summed E-state index contributed by atoms with van der Waals surface area (Å²) in [6.45, 7) is 0.